The molecule has 0 fully saturated rings. The van der Waals surface area contributed by atoms with Gasteiger partial charge in [0.05, 0.1) is 11.2 Å². The summed E-state index contributed by atoms with van der Waals surface area (Å²) in [6, 6.07) is 2.24. The van der Waals surface area contributed by atoms with Gasteiger partial charge < -0.3 is 9.84 Å². The summed E-state index contributed by atoms with van der Waals surface area (Å²) in [6.45, 7) is -0.752. The van der Waals surface area contributed by atoms with Crippen molar-refractivity contribution in [2.24, 2.45) is 0 Å². The van der Waals surface area contributed by atoms with E-state index in [4.69, 9.17) is 9.84 Å². The van der Waals surface area contributed by atoms with Gasteiger partial charge >= 0.3 is 5.97 Å². The normalized spacial score (nSPS) is 10.3. The molecule has 0 amide bonds. The maximum absolute atomic E-state index is 13.6. The number of carboxylic acids is 1. The molecule has 0 bridgehead atoms. The Balaban J connectivity index is 2.46. The fourth-order valence-corrected chi connectivity index (χ4v) is 1.91. The van der Waals surface area contributed by atoms with Gasteiger partial charge in [-0.15, -0.1) is 11.3 Å². The van der Waals surface area contributed by atoms with Crippen LogP contribution in [0.5, 0.6) is 5.75 Å². The van der Waals surface area contributed by atoms with Crippen molar-refractivity contribution in [3.63, 3.8) is 0 Å². The van der Waals surface area contributed by atoms with Gasteiger partial charge in [0.2, 0.25) is 5.82 Å². The van der Waals surface area contributed by atoms with Gasteiger partial charge in [-0.25, -0.2) is 14.2 Å². The molecule has 0 saturated heterocycles. The smallest absolute Gasteiger partial charge is 0.341 e. The molecule has 1 heterocycles. The zero-order chi connectivity index (χ0) is 13.1. The molecule has 4 nitrogen and oxygen atoms in total. The quantitative estimate of drug-likeness (QED) is 0.928. The van der Waals surface area contributed by atoms with Crippen LogP contribution >= 0.6 is 11.3 Å². The summed E-state index contributed by atoms with van der Waals surface area (Å²) in [5, 5.41) is 10.1. The second kappa shape index (κ2) is 5.09. The Morgan fingerprint density at radius 1 is 1.44 bits per heavy atom. The summed E-state index contributed by atoms with van der Waals surface area (Å²) in [5.74, 6) is -4.04. The van der Waals surface area contributed by atoms with E-state index >= 15 is 0 Å². The zero-order valence-corrected chi connectivity index (χ0v) is 9.71. The molecule has 0 saturated carbocycles. The predicted molar refractivity (Wildman–Crippen MR) is 60.6 cm³/mol. The third-order valence-electron chi connectivity index (χ3n) is 2.10. The van der Waals surface area contributed by atoms with Crippen molar-refractivity contribution >= 4 is 17.3 Å². The van der Waals surface area contributed by atoms with Gasteiger partial charge in [-0.3, -0.25) is 0 Å². The number of carbonyl (C=O) groups is 1. The summed E-state index contributed by atoms with van der Waals surface area (Å²) < 4.78 is 31.5. The zero-order valence-electron chi connectivity index (χ0n) is 8.89. The molecule has 2 rings (SSSR count). The second-order valence-electron chi connectivity index (χ2n) is 3.29. The number of thiazole rings is 1. The molecule has 18 heavy (non-hydrogen) atoms. The molecule has 0 atom stereocenters. The Labute approximate surface area is 104 Å². The van der Waals surface area contributed by atoms with Crippen molar-refractivity contribution in [3.8, 4) is 17.0 Å². The van der Waals surface area contributed by atoms with E-state index in [0.29, 0.717) is 5.69 Å². The minimum atomic E-state index is -1.28. The number of carboxylic acid groups (broad SMARTS) is 1. The van der Waals surface area contributed by atoms with Crippen LogP contribution in [0.3, 0.4) is 0 Å². The number of ether oxygens (including phenoxy) is 1. The Morgan fingerprint density at radius 2 is 2.22 bits per heavy atom. The largest absolute Gasteiger partial charge is 0.479 e. The van der Waals surface area contributed by atoms with Crippen molar-refractivity contribution in [2.75, 3.05) is 6.61 Å². The first-order valence-corrected chi connectivity index (χ1v) is 5.75. The maximum atomic E-state index is 13.6. The van der Waals surface area contributed by atoms with Gasteiger partial charge in [0.25, 0.3) is 0 Å². The summed E-state index contributed by atoms with van der Waals surface area (Å²) in [5.41, 5.74) is 2.15. The molecular weight excluding hydrogens is 264 g/mol. The van der Waals surface area contributed by atoms with E-state index in [0.717, 1.165) is 6.07 Å². The van der Waals surface area contributed by atoms with Crippen LogP contribution in [0.15, 0.2) is 23.0 Å². The lowest BCUT2D eigenvalue weighted by molar-refractivity contribution is -0.139. The molecule has 0 radical (unpaired) electrons. The molecule has 0 aliphatic heterocycles. The molecule has 0 unspecified atom stereocenters. The Hall–Kier alpha value is -2.02. The molecular formula is C11H7F2NO3S. The average Bonchev–Trinajstić information content (AvgIpc) is 2.84. The lowest BCUT2D eigenvalue weighted by Gasteiger charge is -2.09. The summed E-state index contributed by atoms with van der Waals surface area (Å²) in [6.07, 6.45) is 0. The number of nitrogens with zero attached hydrogens (tertiary/aromatic N) is 1. The highest BCUT2D eigenvalue weighted by Gasteiger charge is 2.18. The van der Waals surface area contributed by atoms with Crippen molar-refractivity contribution < 1.29 is 23.4 Å². The van der Waals surface area contributed by atoms with Gasteiger partial charge in [-0.1, -0.05) is 0 Å². The van der Waals surface area contributed by atoms with Gasteiger partial charge in [0.15, 0.2) is 18.2 Å². The number of hydrogen-bond donors (Lipinski definition) is 1. The van der Waals surface area contributed by atoms with Gasteiger partial charge in [0.1, 0.15) is 0 Å². The van der Waals surface area contributed by atoms with Crippen LogP contribution in [0, 0.1) is 11.6 Å². The first-order valence-electron chi connectivity index (χ1n) is 4.80. The van der Waals surface area contributed by atoms with Crippen LogP contribution in [0.1, 0.15) is 0 Å². The number of benzene rings is 1. The molecule has 0 aliphatic carbocycles. The highest BCUT2D eigenvalue weighted by Crippen LogP contribution is 2.33. The predicted octanol–water partition coefficient (Wildman–Crippen LogP) is 2.55. The topological polar surface area (TPSA) is 59.4 Å². The molecule has 0 spiro atoms. The van der Waals surface area contributed by atoms with E-state index in [1.54, 1.807) is 5.38 Å². The van der Waals surface area contributed by atoms with E-state index in [-0.39, 0.29) is 5.56 Å². The van der Waals surface area contributed by atoms with Crippen LogP contribution in [-0.2, 0) is 4.79 Å². The highest BCUT2D eigenvalue weighted by atomic mass is 32.1. The lowest BCUT2D eigenvalue weighted by atomic mass is 10.1. The molecule has 7 heteroatoms. The van der Waals surface area contributed by atoms with Crippen molar-refractivity contribution in [1.82, 2.24) is 4.98 Å². The SMILES string of the molecule is O=C(O)COc1c(-c2cscn2)ccc(F)c1F. The van der Waals surface area contributed by atoms with Gasteiger partial charge in [-0.05, 0) is 12.1 Å². The standard InChI is InChI=1S/C11H7F2NO3S/c12-7-2-1-6(8-4-18-5-14-8)11(10(7)13)17-3-9(15)16/h1-2,4-5H,3H2,(H,15,16). The van der Waals surface area contributed by atoms with E-state index < -0.39 is 30.0 Å². The molecule has 94 valence electrons. The van der Waals surface area contributed by atoms with Crippen LogP contribution in [0.25, 0.3) is 11.3 Å². The molecule has 1 aromatic heterocycles. The molecule has 0 aliphatic rings. The average molecular weight is 271 g/mol. The third kappa shape index (κ3) is 2.45. The van der Waals surface area contributed by atoms with Crippen LogP contribution in [0.2, 0.25) is 0 Å². The second-order valence-corrected chi connectivity index (χ2v) is 4.01. The summed E-state index contributed by atoms with van der Waals surface area (Å²) in [7, 11) is 0. The maximum Gasteiger partial charge on any atom is 0.341 e. The van der Waals surface area contributed by atoms with Gasteiger partial charge in [0, 0.05) is 10.9 Å². The van der Waals surface area contributed by atoms with E-state index in [1.807, 2.05) is 0 Å². The lowest BCUT2D eigenvalue weighted by Crippen LogP contribution is -2.11. The minimum absolute atomic E-state index is 0.219. The number of aromatic nitrogens is 1. The fourth-order valence-electron chi connectivity index (χ4n) is 1.35. The number of aliphatic carboxylic acids is 1. The van der Waals surface area contributed by atoms with Crippen LogP contribution in [-0.4, -0.2) is 22.7 Å². The number of hydrogen-bond acceptors (Lipinski definition) is 4. The van der Waals surface area contributed by atoms with Crippen LogP contribution < -0.4 is 4.74 Å². The van der Waals surface area contributed by atoms with Crippen molar-refractivity contribution in [3.05, 3.63) is 34.7 Å². The summed E-state index contributed by atoms with van der Waals surface area (Å²) in [4.78, 5) is 14.4. The first-order chi connectivity index (χ1) is 8.59. The number of rotatable bonds is 4. The van der Waals surface area contributed by atoms with Crippen molar-refractivity contribution in [2.45, 2.75) is 0 Å². The van der Waals surface area contributed by atoms with Crippen LogP contribution in [0.4, 0.5) is 8.78 Å². The first kappa shape index (κ1) is 12.4. The van der Waals surface area contributed by atoms with Crippen molar-refractivity contribution in [1.29, 1.82) is 0 Å². The molecule has 2 aromatic rings. The summed E-state index contributed by atoms with van der Waals surface area (Å²) >= 11 is 1.28. The Morgan fingerprint density at radius 3 is 2.83 bits per heavy atom. The molecule has 1 N–H and O–H groups in total. The highest BCUT2D eigenvalue weighted by molar-refractivity contribution is 7.07. The number of halogens is 2. The van der Waals surface area contributed by atoms with E-state index in [2.05, 4.69) is 4.98 Å². The third-order valence-corrected chi connectivity index (χ3v) is 2.68. The molecule has 1 aromatic carbocycles. The Bertz CT molecular complexity index is 572. The van der Waals surface area contributed by atoms with Gasteiger partial charge in [-0.2, -0.15) is 4.39 Å². The van der Waals surface area contributed by atoms with E-state index in [1.165, 1.54) is 22.9 Å². The Kier molecular flexibility index (Phi) is 3.52. The minimum Gasteiger partial charge on any atom is -0.479 e. The monoisotopic (exact) mass is 271 g/mol. The van der Waals surface area contributed by atoms with E-state index in [9.17, 15) is 13.6 Å². The fraction of sp³-hybridized carbons (Fsp3) is 0.0909.